The molecule has 0 saturated carbocycles. The van der Waals surface area contributed by atoms with Crippen LogP contribution < -0.4 is 4.74 Å². The molecule has 1 aliphatic heterocycles. The number of fused-ring (bicyclic) bond motifs is 1. The van der Waals surface area contributed by atoms with Gasteiger partial charge in [-0.2, -0.15) is 0 Å². The highest BCUT2D eigenvalue weighted by Gasteiger charge is 2.42. The molecule has 1 aliphatic rings. The van der Waals surface area contributed by atoms with Gasteiger partial charge >= 0.3 is 5.97 Å². The first-order valence-electron chi connectivity index (χ1n) is 7.71. The summed E-state index contributed by atoms with van der Waals surface area (Å²) >= 11 is 0. The van der Waals surface area contributed by atoms with E-state index in [9.17, 15) is 14.4 Å². The van der Waals surface area contributed by atoms with Crippen LogP contribution in [0.1, 0.15) is 40.1 Å². The van der Waals surface area contributed by atoms with Gasteiger partial charge in [0, 0.05) is 5.56 Å². The van der Waals surface area contributed by atoms with Crippen molar-refractivity contribution in [3.8, 4) is 5.75 Å². The second-order valence-electron chi connectivity index (χ2n) is 6.15. The summed E-state index contributed by atoms with van der Waals surface area (Å²) in [6.07, 6.45) is 0. The summed E-state index contributed by atoms with van der Waals surface area (Å²) in [7, 11) is 1.50. The summed E-state index contributed by atoms with van der Waals surface area (Å²) in [4.78, 5) is 42.5. The molecule has 0 atom stereocenters. The number of benzene rings is 2. The van der Waals surface area contributed by atoms with Crippen LogP contribution in [0.15, 0.2) is 48.5 Å². The van der Waals surface area contributed by atoms with E-state index in [1.165, 1.54) is 19.2 Å². The van der Waals surface area contributed by atoms with Crippen LogP contribution in [0.25, 0.3) is 0 Å². The minimum atomic E-state index is -1.12. The van der Waals surface area contributed by atoms with E-state index in [4.69, 9.17) is 9.57 Å². The number of ether oxygens (including phenoxy) is 1. The Bertz CT molecular complexity index is 837. The Hall–Kier alpha value is -3.15. The average molecular weight is 339 g/mol. The Balaban J connectivity index is 1.88. The lowest BCUT2D eigenvalue weighted by Gasteiger charge is -2.26. The molecule has 2 aromatic rings. The van der Waals surface area contributed by atoms with Gasteiger partial charge in [-0.15, -0.1) is 0 Å². The molecule has 0 aliphatic carbocycles. The molecule has 0 fully saturated rings. The third-order valence-electron chi connectivity index (χ3n) is 4.22. The van der Waals surface area contributed by atoms with Crippen molar-refractivity contribution in [1.82, 2.24) is 5.06 Å². The molecule has 6 heteroatoms. The lowest BCUT2D eigenvalue weighted by molar-refractivity contribution is -0.174. The van der Waals surface area contributed by atoms with Gasteiger partial charge in [0.2, 0.25) is 0 Å². The molecule has 0 N–H and O–H groups in total. The number of carbonyl (C=O) groups excluding carboxylic acids is 3. The van der Waals surface area contributed by atoms with Crippen molar-refractivity contribution < 1.29 is 24.0 Å². The van der Waals surface area contributed by atoms with Gasteiger partial charge in [-0.05, 0) is 32.0 Å². The summed E-state index contributed by atoms with van der Waals surface area (Å²) in [5, 5.41) is 0.518. The Kier molecular flexibility index (Phi) is 4.04. The van der Waals surface area contributed by atoms with E-state index in [0.29, 0.717) is 16.4 Å². The monoisotopic (exact) mass is 339 g/mol. The lowest BCUT2D eigenvalue weighted by Crippen LogP contribution is -2.40. The van der Waals surface area contributed by atoms with E-state index in [0.717, 1.165) is 0 Å². The number of imide groups is 1. The highest BCUT2D eigenvalue weighted by Crippen LogP contribution is 2.33. The van der Waals surface area contributed by atoms with Crippen molar-refractivity contribution in [3.05, 3.63) is 65.2 Å². The van der Waals surface area contributed by atoms with Gasteiger partial charge in [0.1, 0.15) is 5.75 Å². The molecule has 0 radical (unpaired) electrons. The third kappa shape index (κ3) is 2.65. The van der Waals surface area contributed by atoms with Gasteiger partial charge in [-0.25, -0.2) is 4.79 Å². The normalized spacial score (nSPS) is 13.6. The Labute approximate surface area is 144 Å². The lowest BCUT2D eigenvalue weighted by atomic mass is 9.84. The van der Waals surface area contributed by atoms with Crippen molar-refractivity contribution in [1.29, 1.82) is 0 Å². The van der Waals surface area contributed by atoms with Gasteiger partial charge < -0.3 is 9.57 Å². The summed E-state index contributed by atoms with van der Waals surface area (Å²) < 4.78 is 5.29. The molecule has 0 saturated heterocycles. The van der Waals surface area contributed by atoms with Crippen molar-refractivity contribution in [3.63, 3.8) is 0 Å². The number of methoxy groups -OCH3 is 1. The van der Waals surface area contributed by atoms with Crippen LogP contribution in [0, 0.1) is 0 Å². The molecule has 0 unspecified atom stereocenters. The van der Waals surface area contributed by atoms with E-state index in [-0.39, 0.29) is 11.1 Å². The zero-order valence-electron chi connectivity index (χ0n) is 14.1. The van der Waals surface area contributed by atoms with Crippen LogP contribution in [0.2, 0.25) is 0 Å². The van der Waals surface area contributed by atoms with E-state index in [2.05, 4.69) is 0 Å². The Morgan fingerprint density at radius 2 is 1.44 bits per heavy atom. The van der Waals surface area contributed by atoms with Crippen molar-refractivity contribution in [2.45, 2.75) is 19.3 Å². The zero-order chi connectivity index (χ0) is 18.2. The fraction of sp³-hybridized carbons (Fsp3) is 0.211. The smallest absolute Gasteiger partial charge is 0.343 e. The number of nitrogens with zero attached hydrogens (tertiary/aromatic N) is 1. The van der Waals surface area contributed by atoms with Crippen LogP contribution in [-0.2, 0) is 15.0 Å². The van der Waals surface area contributed by atoms with Gasteiger partial charge in [-0.3, -0.25) is 9.59 Å². The summed E-state index contributed by atoms with van der Waals surface area (Å²) in [6.45, 7) is 3.29. The fourth-order valence-corrected chi connectivity index (χ4v) is 2.72. The maximum absolute atomic E-state index is 12.7. The van der Waals surface area contributed by atoms with Gasteiger partial charge in [0.05, 0.1) is 23.7 Å². The minimum Gasteiger partial charge on any atom is -0.496 e. The number of hydrogen-bond acceptors (Lipinski definition) is 5. The Morgan fingerprint density at radius 1 is 0.920 bits per heavy atom. The van der Waals surface area contributed by atoms with Crippen LogP contribution >= 0.6 is 0 Å². The predicted octanol–water partition coefficient (Wildman–Crippen LogP) is 2.73. The van der Waals surface area contributed by atoms with Gasteiger partial charge in [0.15, 0.2) is 0 Å². The highest BCUT2D eigenvalue weighted by molar-refractivity contribution is 6.21. The SMILES string of the molecule is COc1ccccc1C(C)(C)C(=O)ON1C(=O)c2ccccc2C1=O. The molecule has 25 heavy (non-hydrogen) atoms. The molecule has 2 amide bonds. The first-order valence-corrected chi connectivity index (χ1v) is 7.71. The molecular formula is C19H17NO5. The predicted molar refractivity (Wildman–Crippen MR) is 89.1 cm³/mol. The van der Waals surface area contributed by atoms with Crippen LogP contribution in [0.5, 0.6) is 5.75 Å². The zero-order valence-corrected chi connectivity index (χ0v) is 14.1. The van der Waals surface area contributed by atoms with Crippen molar-refractivity contribution >= 4 is 17.8 Å². The number of carbonyl (C=O) groups is 3. The van der Waals surface area contributed by atoms with E-state index in [1.54, 1.807) is 50.2 Å². The first kappa shape index (κ1) is 16.7. The number of para-hydroxylation sites is 1. The maximum atomic E-state index is 12.7. The highest BCUT2D eigenvalue weighted by atomic mass is 16.7. The number of rotatable bonds is 4. The quantitative estimate of drug-likeness (QED) is 0.801. The number of amides is 2. The number of hydrogen-bond donors (Lipinski definition) is 0. The second kappa shape index (κ2) is 6.05. The molecule has 0 spiro atoms. The van der Waals surface area contributed by atoms with Crippen LogP contribution in [0.3, 0.4) is 0 Å². The van der Waals surface area contributed by atoms with Crippen molar-refractivity contribution in [2.75, 3.05) is 7.11 Å². The van der Waals surface area contributed by atoms with Crippen molar-refractivity contribution in [2.24, 2.45) is 0 Å². The topological polar surface area (TPSA) is 72.9 Å². The summed E-state index contributed by atoms with van der Waals surface area (Å²) in [5.41, 5.74) is -0.0908. The molecule has 6 nitrogen and oxygen atoms in total. The molecule has 2 aromatic carbocycles. The third-order valence-corrected chi connectivity index (χ3v) is 4.22. The molecule has 128 valence electrons. The summed E-state index contributed by atoms with van der Waals surface area (Å²) in [5.74, 6) is -1.51. The molecule has 0 bridgehead atoms. The Morgan fingerprint density at radius 3 is 2.00 bits per heavy atom. The average Bonchev–Trinajstić information content (AvgIpc) is 2.87. The second-order valence-corrected chi connectivity index (χ2v) is 6.15. The van der Waals surface area contributed by atoms with Crippen LogP contribution in [-0.4, -0.2) is 30.0 Å². The fourth-order valence-electron chi connectivity index (χ4n) is 2.72. The van der Waals surface area contributed by atoms with E-state index < -0.39 is 23.2 Å². The van der Waals surface area contributed by atoms with E-state index in [1.807, 2.05) is 0 Å². The van der Waals surface area contributed by atoms with Gasteiger partial charge in [0.25, 0.3) is 11.8 Å². The molecular weight excluding hydrogens is 322 g/mol. The minimum absolute atomic E-state index is 0.218. The summed E-state index contributed by atoms with van der Waals surface area (Å²) in [6, 6.07) is 13.4. The first-order chi connectivity index (χ1) is 11.9. The van der Waals surface area contributed by atoms with E-state index >= 15 is 0 Å². The largest absolute Gasteiger partial charge is 0.496 e. The van der Waals surface area contributed by atoms with Crippen LogP contribution in [0.4, 0.5) is 0 Å². The number of hydroxylamine groups is 2. The molecule has 1 heterocycles. The van der Waals surface area contributed by atoms with Gasteiger partial charge in [-0.1, -0.05) is 35.4 Å². The maximum Gasteiger partial charge on any atom is 0.343 e. The molecule has 3 rings (SSSR count). The standard InChI is InChI=1S/C19H17NO5/c1-19(2,14-10-6-7-11-15(14)24-3)18(23)25-20-16(21)12-8-4-5-9-13(12)17(20)22/h4-11H,1-3H3. The molecule has 0 aromatic heterocycles.